The van der Waals surface area contributed by atoms with Crippen molar-refractivity contribution in [3.05, 3.63) is 67.6 Å². The molecular formula is C18H13N3O4S2. The van der Waals surface area contributed by atoms with E-state index in [9.17, 15) is 9.59 Å². The minimum Gasteiger partial charge on any atom is -0.497 e. The van der Waals surface area contributed by atoms with Crippen molar-refractivity contribution in [2.45, 2.75) is 6.42 Å². The summed E-state index contributed by atoms with van der Waals surface area (Å²) in [6.07, 6.45) is 0.669. The van der Waals surface area contributed by atoms with Crippen LogP contribution < -0.4 is 15.7 Å². The molecule has 1 aromatic carbocycles. The monoisotopic (exact) mass is 399 g/mol. The Morgan fingerprint density at radius 3 is 2.93 bits per heavy atom. The molecule has 0 radical (unpaired) electrons. The van der Waals surface area contributed by atoms with Crippen LogP contribution in [0.2, 0.25) is 0 Å². The summed E-state index contributed by atoms with van der Waals surface area (Å²) in [5, 5.41) is 14.5. The topological polar surface area (TPSA) is 94.3 Å². The van der Waals surface area contributed by atoms with Crippen LogP contribution in [0.1, 0.15) is 20.2 Å². The number of nitrogens with one attached hydrogen (secondary N) is 1. The average molecular weight is 399 g/mol. The molecule has 0 saturated heterocycles. The Labute approximate surface area is 161 Å². The van der Waals surface area contributed by atoms with Gasteiger partial charge >= 0.3 is 5.63 Å². The van der Waals surface area contributed by atoms with Crippen molar-refractivity contribution >= 4 is 44.7 Å². The Morgan fingerprint density at radius 1 is 1.26 bits per heavy atom. The highest BCUT2D eigenvalue weighted by Gasteiger charge is 2.16. The van der Waals surface area contributed by atoms with Crippen LogP contribution in [0.15, 0.2) is 51.0 Å². The minimum absolute atomic E-state index is 0.207. The Balaban J connectivity index is 1.60. The van der Waals surface area contributed by atoms with E-state index in [4.69, 9.17) is 9.15 Å². The maximum absolute atomic E-state index is 12.7. The maximum atomic E-state index is 12.7. The number of rotatable bonds is 5. The number of carbonyl (C=O) groups is 1. The van der Waals surface area contributed by atoms with Crippen molar-refractivity contribution in [1.82, 2.24) is 10.2 Å². The molecule has 136 valence electrons. The SMILES string of the molecule is COc1ccc2c(C(=O)Nc3nnc(Cc4cccs4)s3)cc(=O)oc2c1. The quantitative estimate of drug-likeness (QED) is 0.516. The predicted molar refractivity (Wildman–Crippen MR) is 104 cm³/mol. The molecule has 3 aromatic heterocycles. The summed E-state index contributed by atoms with van der Waals surface area (Å²) in [6, 6.07) is 10.1. The Morgan fingerprint density at radius 2 is 2.15 bits per heavy atom. The van der Waals surface area contributed by atoms with Gasteiger partial charge in [0.2, 0.25) is 5.13 Å². The fourth-order valence-electron chi connectivity index (χ4n) is 2.56. The number of ether oxygens (including phenoxy) is 1. The van der Waals surface area contributed by atoms with Gasteiger partial charge in [-0.1, -0.05) is 17.4 Å². The fourth-order valence-corrected chi connectivity index (χ4v) is 4.12. The second-order valence-electron chi connectivity index (χ2n) is 5.55. The first-order valence-corrected chi connectivity index (χ1v) is 9.60. The molecule has 0 saturated carbocycles. The zero-order chi connectivity index (χ0) is 18.8. The Bertz CT molecular complexity index is 1170. The number of thiophene rings is 1. The third-order valence-electron chi connectivity index (χ3n) is 3.79. The highest BCUT2D eigenvalue weighted by atomic mass is 32.1. The second-order valence-corrected chi connectivity index (χ2v) is 7.65. The van der Waals surface area contributed by atoms with Gasteiger partial charge in [0.1, 0.15) is 16.3 Å². The van der Waals surface area contributed by atoms with Crippen molar-refractivity contribution in [2.24, 2.45) is 0 Å². The van der Waals surface area contributed by atoms with Gasteiger partial charge in [0.25, 0.3) is 5.91 Å². The fraction of sp³-hybridized carbons (Fsp3) is 0.111. The number of aromatic nitrogens is 2. The van der Waals surface area contributed by atoms with E-state index in [1.807, 2.05) is 17.5 Å². The summed E-state index contributed by atoms with van der Waals surface area (Å²) in [6.45, 7) is 0. The molecule has 0 aliphatic heterocycles. The molecule has 1 amide bonds. The molecule has 27 heavy (non-hydrogen) atoms. The van der Waals surface area contributed by atoms with Gasteiger partial charge in [0, 0.05) is 28.8 Å². The normalized spacial score (nSPS) is 10.9. The summed E-state index contributed by atoms with van der Waals surface area (Å²) in [5.74, 6) is 0.0856. The number of fused-ring (bicyclic) bond motifs is 1. The number of amides is 1. The summed E-state index contributed by atoms with van der Waals surface area (Å²) in [7, 11) is 1.51. The van der Waals surface area contributed by atoms with E-state index in [2.05, 4.69) is 15.5 Å². The van der Waals surface area contributed by atoms with E-state index in [1.165, 1.54) is 23.3 Å². The number of anilines is 1. The highest BCUT2D eigenvalue weighted by Crippen LogP contribution is 2.25. The van der Waals surface area contributed by atoms with Crippen LogP contribution in [0.4, 0.5) is 5.13 Å². The average Bonchev–Trinajstić information content (AvgIpc) is 3.33. The van der Waals surface area contributed by atoms with Crippen LogP contribution in [0.5, 0.6) is 5.75 Å². The zero-order valence-electron chi connectivity index (χ0n) is 14.1. The van der Waals surface area contributed by atoms with Gasteiger partial charge in [-0.2, -0.15) is 0 Å². The molecule has 0 aliphatic rings. The molecule has 0 unspecified atom stereocenters. The van der Waals surface area contributed by atoms with Gasteiger partial charge in [0.15, 0.2) is 0 Å². The van der Waals surface area contributed by atoms with Crippen molar-refractivity contribution in [3.63, 3.8) is 0 Å². The van der Waals surface area contributed by atoms with Gasteiger partial charge in [0.05, 0.1) is 12.7 Å². The van der Waals surface area contributed by atoms with Crippen molar-refractivity contribution < 1.29 is 13.9 Å². The number of carbonyl (C=O) groups excluding carboxylic acids is 1. The molecule has 4 rings (SSSR count). The minimum atomic E-state index is -0.614. The van der Waals surface area contributed by atoms with Crippen molar-refractivity contribution in [3.8, 4) is 5.75 Å². The molecule has 4 aromatic rings. The molecule has 3 heterocycles. The van der Waals surface area contributed by atoms with E-state index in [1.54, 1.807) is 29.5 Å². The molecule has 1 N–H and O–H groups in total. The lowest BCUT2D eigenvalue weighted by Crippen LogP contribution is -2.15. The van der Waals surface area contributed by atoms with Crippen LogP contribution in [-0.4, -0.2) is 23.2 Å². The molecule has 9 heteroatoms. The van der Waals surface area contributed by atoms with Gasteiger partial charge in [-0.15, -0.1) is 21.5 Å². The van der Waals surface area contributed by atoms with E-state index in [0.29, 0.717) is 22.7 Å². The lowest BCUT2D eigenvalue weighted by molar-refractivity contribution is 0.102. The first-order chi connectivity index (χ1) is 13.1. The molecule has 0 aliphatic carbocycles. The smallest absolute Gasteiger partial charge is 0.337 e. The summed E-state index contributed by atoms with van der Waals surface area (Å²) in [4.78, 5) is 25.7. The number of hydrogen-bond donors (Lipinski definition) is 1. The van der Waals surface area contributed by atoms with Crippen LogP contribution in [0.25, 0.3) is 11.0 Å². The number of methoxy groups -OCH3 is 1. The third kappa shape index (κ3) is 3.74. The number of benzene rings is 1. The van der Waals surface area contributed by atoms with Crippen LogP contribution in [0.3, 0.4) is 0 Å². The molecule has 0 atom stereocenters. The summed E-state index contributed by atoms with van der Waals surface area (Å²) < 4.78 is 10.3. The Kier molecular flexibility index (Phi) is 4.69. The second kappa shape index (κ2) is 7.29. The lowest BCUT2D eigenvalue weighted by atomic mass is 10.1. The van der Waals surface area contributed by atoms with Gasteiger partial charge in [-0.25, -0.2) is 4.79 Å². The summed E-state index contributed by atoms with van der Waals surface area (Å²) in [5.41, 5.74) is -0.127. The summed E-state index contributed by atoms with van der Waals surface area (Å²) >= 11 is 2.94. The standard InChI is InChI=1S/C18H13N3O4S2/c1-24-10-4-5-12-13(9-16(22)25-14(12)7-10)17(23)19-18-21-20-15(27-18)8-11-3-2-6-26-11/h2-7,9H,8H2,1H3,(H,19,21,23). The largest absolute Gasteiger partial charge is 0.497 e. The Hall–Kier alpha value is -3.04. The maximum Gasteiger partial charge on any atom is 0.337 e. The van der Waals surface area contributed by atoms with E-state index < -0.39 is 11.5 Å². The predicted octanol–water partition coefficient (Wildman–Crippen LogP) is 3.56. The number of nitrogens with zero attached hydrogens (tertiary/aromatic N) is 2. The van der Waals surface area contributed by atoms with Gasteiger partial charge in [-0.3, -0.25) is 10.1 Å². The van der Waals surface area contributed by atoms with E-state index in [0.717, 1.165) is 11.1 Å². The first kappa shape index (κ1) is 17.4. The van der Waals surface area contributed by atoms with Gasteiger partial charge < -0.3 is 9.15 Å². The van der Waals surface area contributed by atoms with E-state index >= 15 is 0 Å². The van der Waals surface area contributed by atoms with Crippen molar-refractivity contribution in [1.29, 1.82) is 0 Å². The van der Waals surface area contributed by atoms with Crippen LogP contribution in [0, 0.1) is 0 Å². The molecular weight excluding hydrogens is 386 g/mol. The molecule has 7 nitrogen and oxygen atoms in total. The third-order valence-corrected chi connectivity index (χ3v) is 5.50. The lowest BCUT2D eigenvalue weighted by Gasteiger charge is -2.06. The van der Waals surface area contributed by atoms with E-state index in [-0.39, 0.29) is 11.1 Å². The molecule has 0 fully saturated rings. The first-order valence-electron chi connectivity index (χ1n) is 7.90. The molecule has 0 spiro atoms. The van der Waals surface area contributed by atoms with Crippen LogP contribution >= 0.6 is 22.7 Å². The van der Waals surface area contributed by atoms with Crippen LogP contribution in [-0.2, 0) is 6.42 Å². The molecule has 0 bridgehead atoms. The zero-order valence-corrected chi connectivity index (χ0v) is 15.7. The van der Waals surface area contributed by atoms with Crippen molar-refractivity contribution in [2.75, 3.05) is 12.4 Å². The van der Waals surface area contributed by atoms with Gasteiger partial charge in [-0.05, 0) is 23.6 Å². The highest BCUT2D eigenvalue weighted by molar-refractivity contribution is 7.15. The number of hydrogen-bond acceptors (Lipinski definition) is 8.